The summed E-state index contributed by atoms with van der Waals surface area (Å²) in [5.74, 6) is 1.46. The van der Waals surface area contributed by atoms with Gasteiger partial charge in [0.15, 0.2) is 0 Å². The molecule has 2 nitrogen and oxygen atoms in total. The molecule has 0 aliphatic rings. The van der Waals surface area contributed by atoms with Crippen molar-refractivity contribution >= 4 is 28.8 Å². The summed E-state index contributed by atoms with van der Waals surface area (Å²) in [6.07, 6.45) is 0.656. The monoisotopic (exact) mass is 285 g/mol. The van der Waals surface area contributed by atoms with Crippen LogP contribution in [0.2, 0.25) is 5.02 Å². The molecule has 1 aromatic carbocycles. The van der Waals surface area contributed by atoms with Crippen molar-refractivity contribution in [2.75, 3.05) is 7.11 Å². The Morgan fingerprint density at radius 2 is 1.89 bits per heavy atom. The maximum absolute atomic E-state index is 6.18. The molecular weight excluding hydrogens is 266 g/mol. The molecule has 0 fully saturated rings. The highest BCUT2D eigenvalue weighted by Crippen LogP contribution is 2.38. The van der Waals surface area contributed by atoms with Crippen molar-refractivity contribution in [1.82, 2.24) is 0 Å². The molecular formula is C14H20ClNOS. The zero-order valence-electron chi connectivity index (χ0n) is 11.3. The predicted molar refractivity (Wildman–Crippen MR) is 81.9 cm³/mol. The maximum Gasteiger partial charge on any atom is 0.125 e. The van der Waals surface area contributed by atoms with E-state index in [1.807, 2.05) is 12.1 Å². The van der Waals surface area contributed by atoms with Gasteiger partial charge in [0.25, 0.3) is 0 Å². The van der Waals surface area contributed by atoms with Gasteiger partial charge < -0.3 is 10.5 Å². The number of rotatable bonds is 5. The van der Waals surface area contributed by atoms with E-state index in [2.05, 4.69) is 20.8 Å². The smallest absolute Gasteiger partial charge is 0.125 e. The second-order valence-corrected chi connectivity index (χ2v) is 5.80. The first-order valence-corrected chi connectivity index (χ1v) is 6.81. The summed E-state index contributed by atoms with van der Waals surface area (Å²) in [5, 5.41) is 0.726. The van der Waals surface area contributed by atoms with Crippen LogP contribution in [-0.2, 0) is 0 Å². The number of hydrogen-bond acceptors (Lipinski definition) is 2. The minimum absolute atomic E-state index is 0.202. The lowest BCUT2D eigenvalue weighted by atomic mass is 9.91. The summed E-state index contributed by atoms with van der Waals surface area (Å²) < 4.78 is 5.55. The van der Waals surface area contributed by atoms with Gasteiger partial charge in [0.2, 0.25) is 0 Å². The van der Waals surface area contributed by atoms with Crippen molar-refractivity contribution in [3.63, 3.8) is 0 Å². The van der Waals surface area contributed by atoms with Crippen molar-refractivity contribution < 1.29 is 4.74 Å². The number of benzene rings is 1. The largest absolute Gasteiger partial charge is 0.496 e. The molecule has 0 radical (unpaired) electrons. The number of nitrogens with two attached hydrogens (primary N) is 1. The van der Waals surface area contributed by atoms with Gasteiger partial charge >= 0.3 is 0 Å². The molecule has 0 heterocycles. The van der Waals surface area contributed by atoms with Crippen molar-refractivity contribution in [2.24, 2.45) is 5.73 Å². The zero-order chi connectivity index (χ0) is 13.9. The summed E-state index contributed by atoms with van der Waals surface area (Å²) in [7, 11) is 1.69. The number of hydrogen-bond donors (Lipinski definition) is 1. The molecule has 0 aliphatic carbocycles. The molecule has 0 amide bonds. The fraction of sp³-hybridized carbons (Fsp3) is 0.500. The van der Waals surface area contributed by atoms with E-state index in [4.69, 9.17) is 34.3 Å². The van der Waals surface area contributed by atoms with Crippen LogP contribution in [0.25, 0.3) is 0 Å². The van der Waals surface area contributed by atoms with E-state index in [-0.39, 0.29) is 5.92 Å². The van der Waals surface area contributed by atoms with Crippen LogP contribution in [0.3, 0.4) is 0 Å². The molecule has 0 spiro atoms. The Labute approximate surface area is 119 Å². The van der Waals surface area contributed by atoms with Crippen LogP contribution in [-0.4, -0.2) is 12.1 Å². The normalized spacial score (nSPS) is 12.6. The quantitative estimate of drug-likeness (QED) is 0.822. The Balaban J connectivity index is 3.28. The first-order valence-electron chi connectivity index (χ1n) is 6.02. The van der Waals surface area contributed by atoms with E-state index in [1.54, 1.807) is 7.11 Å². The SMILES string of the molecule is COc1c(C(C)C)cc(Cl)cc1C(C)CC(N)=S. The van der Waals surface area contributed by atoms with Gasteiger partial charge in [-0.25, -0.2) is 0 Å². The summed E-state index contributed by atoms with van der Waals surface area (Å²) in [6, 6.07) is 3.90. The standard InChI is InChI=1S/C14H20ClNOS/c1-8(2)11-6-10(15)7-12(14(11)17-4)9(3)5-13(16)18/h6-9H,5H2,1-4H3,(H2,16,18). The average Bonchev–Trinajstić information content (AvgIpc) is 2.26. The molecule has 2 N–H and O–H groups in total. The molecule has 0 aliphatic heterocycles. The van der Waals surface area contributed by atoms with Crippen LogP contribution in [0.4, 0.5) is 0 Å². The fourth-order valence-corrected chi connectivity index (χ4v) is 2.56. The lowest BCUT2D eigenvalue weighted by molar-refractivity contribution is 0.399. The van der Waals surface area contributed by atoms with E-state index in [0.29, 0.717) is 17.3 Å². The summed E-state index contributed by atoms with van der Waals surface area (Å²) in [6.45, 7) is 6.32. The molecule has 1 rings (SSSR count). The number of thiocarbonyl (C=S) groups is 1. The van der Waals surface area contributed by atoms with Crippen molar-refractivity contribution in [3.05, 3.63) is 28.3 Å². The zero-order valence-corrected chi connectivity index (χ0v) is 12.9. The molecule has 0 bridgehead atoms. The predicted octanol–water partition coefficient (Wildman–Crippen LogP) is 4.25. The van der Waals surface area contributed by atoms with Gasteiger partial charge in [-0.2, -0.15) is 0 Å². The van der Waals surface area contributed by atoms with Crippen molar-refractivity contribution in [3.8, 4) is 5.75 Å². The lowest BCUT2D eigenvalue weighted by Gasteiger charge is -2.20. The van der Waals surface area contributed by atoms with Gasteiger partial charge in [-0.05, 0) is 35.1 Å². The Bertz CT molecular complexity index is 446. The molecule has 0 aromatic heterocycles. The van der Waals surface area contributed by atoms with Gasteiger partial charge in [0.1, 0.15) is 5.75 Å². The minimum atomic E-state index is 0.202. The van der Waals surface area contributed by atoms with E-state index in [9.17, 15) is 0 Å². The third kappa shape index (κ3) is 3.59. The highest BCUT2D eigenvalue weighted by molar-refractivity contribution is 7.80. The molecule has 1 aromatic rings. The molecule has 0 saturated heterocycles. The van der Waals surface area contributed by atoms with Crippen LogP contribution in [0.5, 0.6) is 5.75 Å². The Hall–Kier alpha value is -0.800. The van der Waals surface area contributed by atoms with E-state index < -0.39 is 0 Å². The van der Waals surface area contributed by atoms with Gasteiger partial charge in [-0.1, -0.05) is 44.6 Å². The summed E-state index contributed by atoms with van der Waals surface area (Å²) in [4.78, 5) is 0.510. The second-order valence-electron chi connectivity index (χ2n) is 4.84. The lowest BCUT2D eigenvalue weighted by Crippen LogP contribution is -2.12. The average molecular weight is 286 g/mol. The number of halogens is 1. The first kappa shape index (κ1) is 15.3. The molecule has 1 atom stereocenters. The topological polar surface area (TPSA) is 35.2 Å². The minimum Gasteiger partial charge on any atom is -0.496 e. The van der Waals surface area contributed by atoms with Gasteiger partial charge in [0.05, 0.1) is 12.1 Å². The van der Waals surface area contributed by atoms with Crippen molar-refractivity contribution in [1.29, 1.82) is 0 Å². The first-order chi connectivity index (χ1) is 8.36. The molecule has 4 heteroatoms. The molecule has 1 unspecified atom stereocenters. The third-order valence-electron chi connectivity index (χ3n) is 2.98. The van der Waals surface area contributed by atoms with Crippen molar-refractivity contribution in [2.45, 2.75) is 39.0 Å². The van der Waals surface area contributed by atoms with Gasteiger partial charge in [-0.3, -0.25) is 0 Å². The Kier molecular flexibility index (Phi) is 5.42. The summed E-state index contributed by atoms with van der Waals surface area (Å²) in [5.41, 5.74) is 7.81. The number of methoxy groups -OCH3 is 1. The number of ether oxygens (including phenoxy) is 1. The highest BCUT2D eigenvalue weighted by Gasteiger charge is 2.18. The van der Waals surface area contributed by atoms with Gasteiger partial charge in [0, 0.05) is 11.4 Å². The van der Waals surface area contributed by atoms with E-state index in [0.717, 1.165) is 21.9 Å². The van der Waals surface area contributed by atoms with Crippen LogP contribution in [0.1, 0.15) is 50.2 Å². The van der Waals surface area contributed by atoms with Crippen LogP contribution < -0.4 is 10.5 Å². The highest BCUT2D eigenvalue weighted by atomic mass is 35.5. The van der Waals surface area contributed by atoms with Crippen LogP contribution in [0, 0.1) is 0 Å². The van der Waals surface area contributed by atoms with E-state index in [1.165, 1.54) is 0 Å². The molecule has 100 valence electrons. The van der Waals surface area contributed by atoms with Gasteiger partial charge in [-0.15, -0.1) is 0 Å². The van der Waals surface area contributed by atoms with Crippen LogP contribution >= 0.6 is 23.8 Å². The Morgan fingerprint density at radius 3 is 2.33 bits per heavy atom. The second kappa shape index (κ2) is 6.39. The molecule has 0 saturated carbocycles. The fourth-order valence-electron chi connectivity index (χ4n) is 2.08. The summed E-state index contributed by atoms with van der Waals surface area (Å²) >= 11 is 11.2. The Morgan fingerprint density at radius 1 is 1.33 bits per heavy atom. The maximum atomic E-state index is 6.18. The third-order valence-corrected chi connectivity index (χ3v) is 3.36. The molecule has 18 heavy (non-hydrogen) atoms. The van der Waals surface area contributed by atoms with Crippen LogP contribution in [0.15, 0.2) is 12.1 Å². The van der Waals surface area contributed by atoms with E-state index >= 15 is 0 Å².